The summed E-state index contributed by atoms with van der Waals surface area (Å²) in [7, 11) is 3.04. The van der Waals surface area contributed by atoms with Crippen LogP contribution >= 0.6 is 22.6 Å². The van der Waals surface area contributed by atoms with E-state index in [1.54, 1.807) is 30.3 Å². The zero-order valence-corrected chi connectivity index (χ0v) is 22.8. The molecule has 0 atom stereocenters. The van der Waals surface area contributed by atoms with E-state index in [4.69, 9.17) is 18.9 Å². The number of amides is 4. The molecule has 0 unspecified atom stereocenters. The fraction of sp³-hybridized carbons (Fsp3) is 0.346. The van der Waals surface area contributed by atoms with Gasteiger partial charge in [0.25, 0.3) is 11.8 Å². The summed E-state index contributed by atoms with van der Waals surface area (Å²) in [6, 6.07) is 7.85. The van der Waals surface area contributed by atoms with Gasteiger partial charge in [-0.2, -0.15) is 0 Å². The number of rotatable bonds is 11. The summed E-state index contributed by atoms with van der Waals surface area (Å²) < 4.78 is 23.0. The Balaban J connectivity index is 1.89. The Hall–Kier alpha value is -3.28. The maximum Gasteiger partial charge on any atom is 0.331 e. The van der Waals surface area contributed by atoms with Crippen molar-refractivity contribution in [1.29, 1.82) is 0 Å². The van der Waals surface area contributed by atoms with Gasteiger partial charge < -0.3 is 18.9 Å². The van der Waals surface area contributed by atoms with Gasteiger partial charge in [0.15, 0.2) is 23.0 Å². The molecule has 1 heterocycles. The van der Waals surface area contributed by atoms with Crippen molar-refractivity contribution in [3.63, 3.8) is 0 Å². The van der Waals surface area contributed by atoms with Crippen LogP contribution in [0.1, 0.15) is 37.8 Å². The summed E-state index contributed by atoms with van der Waals surface area (Å²) in [5.74, 6) is 0.680. The molecule has 4 amide bonds. The number of imide groups is 2. The zero-order valence-electron chi connectivity index (χ0n) is 20.7. The summed E-state index contributed by atoms with van der Waals surface area (Å²) in [4.78, 5) is 39.3. The molecule has 0 saturated carbocycles. The third-order valence-electron chi connectivity index (χ3n) is 5.23. The van der Waals surface area contributed by atoms with E-state index in [1.165, 1.54) is 20.3 Å². The van der Waals surface area contributed by atoms with Gasteiger partial charge in [0.2, 0.25) is 0 Å². The smallest absolute Gasteiger partial charge is 0.331 e. The molecule has 192 valence electrons. The molecule has 1 aliphatic heterocycles. The van der Waals surface area contributed by atoms with E-state index in [9.17, 15) is 14.4 Å². The minimum absolute atomic E-state index is 0.0512. The Kier molecular flexibility index (Phi) is 9.57. The number of halogens is 1. The van der Waals surface area contributed by atoms with Crippen LogP contribution in [0.4, 0.5) is 4.79 Å². The van der Waals surface area contributed by atoms with Crippen LogP contribution < -0.4 is 24.3 Å². The van der Waals surface area contributed by atoms with Crippen molar-refractivity contribution in [3.05, 3.63) is 50.6 Å². The largest absolute Gasteiger partial charge is 0.493 e. The molecule has 2 aromatic carbocycles. The summed E-state index contributed by atoms with van der Waals surface area (Å²) in [5.41, 5.74) is 1.04. The molecule has 0 aromatic heterocycles. The van der Waals surface area contributed by atoms with Gasteiger partial charge in [-0.15, -0.1) is 0 Å². The maximum absolute atomic E-state index is 13.2. The Labute approximate surface area is 223 Å². The molecule has 0 radical (unpaired) electrons. The van der Waals surface area contributed by atoms with Crippen LogP contribution in [0.2, 0.25) is 0 Å². The van der Waals surface area contributed by atoms with E-state index in [-0.39, 0.29) is 12.1 Å². The fourth-order valence-electron chi connectivity index (χ4n) is 3.50. The number of carbonyl (C=O) groups excluding carboxylic acids is 3. The van der Waals surface area contributed by atoms with Crippen molar-refractivity contribution in [1.82, 2.24) is 10.2 Å². The Morgan fingerprint density at radius 2 is 1.61 bits per heavy atom. The second kappa shape index (κ2) is 12.6. The molecule has 0 spiro atoms. The molecule has 1 saturated heterocycles. The predicted molar refractivity (Wildman–Crippen MR) is 142 cm³/mol. The zero-order chi connectivity index (χ0) is 26.2. The van der Waals surface area contributed by atoms with Gasteiger partial charge in [0.05, 0.1) is 37.5 Å². The average Bonchev–Trinajstić information content (AvgIpc) is 2.87. The van der Waals surface area contributed by atoms with Gasteiger partial charge in [-0.25, -0.2) is 4.79 Å². The molecule has 9 nitrogen and oxygen atoms in total. The number of hydrogen-bond acceptors (Lipinski definition) is 7. The van der Waals surface area contributed by atoms with E-state index in [0.717, 1.165) is 21.3 Å². The highest BCUT2D eigenvalue weighted by Crippen LogP contribution is 2.35. The van der Waals surface area contributed by atoms with E-state index in [2.05, 4.69) is 27.9 Å². The number of nitrogens with zero attached hydrogens (tertiary/aromatic N) is 1. The van der Waals surface area contributed by atoms with Crippen LogP contribution in [-0.2, 0) is 16.1 Å². The number of barbiturate groups is 1. The van der Waals surface area contributed by atoms with Crippen molar-refractivity contribution in [2.24, 2.45) is 0 Å². The summed E-state index contributed by atoms with van der Waals surface area (Å²) in [6.07, 6.45) is 3.12. The molecule has 3 rings (SSSR count). The highest BCUT2D eigenvalue weighted by atomic mass is 127. The van der Waals surface area contributed by atoms with E-state index in [0.29, 0.717) is 47.3 Å². The number of carbonyl (C=O) groups is 3. The van der Waals surface area contributed by atoms with Gasteiger partial charge in [-0.1, -0.05) is 19.9 Å². The number of nitrogens with one attached hydrogen (secondary N) is 1. The lowest BCUT2D eigenvalue weighted by atomic mass is 10.1. The number of urea groups is 1. The maximum atomic E-state index is 13.2. The van der Waals surface area contributed by atoms with Crippen LogP contribution in [0.5, 0.6) is 23.0 Å². The fourth-order valence-corrected chi connectivity index (χ4v) is 4.28. The lowest BCUT2D eigenvalue weighted by Gasteiger charge is -2.26. The molecule has 10 heteroatoms. The van der Waals surface area contributed by atoms with Crippen molar-refractivity contribution in [2.45, 2.75) is 33.2 Å². The second-order valence-corrected chi connectivity index (χ2v) is 9.09. The SMILES string of the molecule is CCCOc1ccc(CN2C(=O)NC(=O)/C(=C\c3cc(I)c(OCCC)c(OC)c3)C2=O)cc1OC. The highest BCUT2D eigenvalue weighted by molar-refractivity contribution is 14.1. The van der Waals surface area contributed by atoms with Crippen molar-refractivity contribution >= 4 is 46.5 Å². The minimum atomic E-state index is -0.789. The van der Waals surface area contributed by atoms with E-state index in [1.807, 2.05) is 13.8 Å². The summed E-state index contributed by atoms with van der Waals surface area (Å²) in [5, 5.41) is 2.25. The average molecular weight is 608 g/mol. The molecule has 1 aliphatic rings. The molecular weight excluding hydrogens is 579 g/mol. The summed E-state index contributed by atoms with van der Waals surface area (Å²) in [6.45, 7) is 5.02. The Morgan fingerprint density at radius 3 is 2.28 bits per heavy atom. The molecule has 0 bridgehead atoms. The predicted octanol–water partition coefficient (Wildman–Crippen LogP) is 4.55. The van der Waals surface area contributed by atoms with Gasteiger partial charge >= 0.3 is 6.03 Å². The number of benzene rings is 2. The van der Waals surface area contributed by atoms with Gasteiger partial charge in [0, 0.05) is 0 Å². The molecular formula is C26H29IN2O7. The topological polar surface area (TPSA) is 103 Å². The molecule has 1 N–H and O–H groups in total. The molecule has 36 heavy (non-hydrogen) atoms. The monoisotopic (exact) mass is 608 g/mol. The quantitative estimate of drug-likeness (QED) is 0.227. The number of methoxy groups -OCH3 is 2. The minimum Gasteiger partial charge on any atom is -0.493 e. The lowest BCUT2D eigenvalue weighted by molar-refractivity contribution is -0.130. The Morgan fingerprint density at radius 1 is 0.917 bits per heavy atom. The van der Waals surface area contributed by atoms with Crippen LogP contribution in [-0.4, -0.2) is 50.2 Å². The first kappa shape index (κ1) is 27.3. The molecule has 2 aromatic rings. The normalized spacial score (nSPS) is 14.6. The third-order valence-corrected chi connectivity index (χ3v) is 6.03. The van der Waals surface area contributed by atoms with Crippen molar-refractivity contribution in [3.8, 4) is 23.0 Å². The summed E-state index contributed by atoms with van der Waals surface area (Å²) >= 11 is 2.11. The molecule has 0 aliphatic carbocycles. The standard InChI is InChI=1S/C26H29IN2O7/c1-5-9-35-20-8-7-16(13-21(20)33-3)15-29-25(31)18(24(30)28-26(29)32)11-17-12-19(27)23(36-10-6-2)22(14-17)34-4/h7-8,11-14H,5-6,9-10,15H2,1-4H3,(H,28,30,32)/b18-11+. The van der Waals surface area contributed by atoms with Crippen LogP contribution in [0.25, 0.3) is 6.08 Å². The first-order chi connectivity index (χ1) is 17.3. The van der Waals surface area contributed by atoms with Gasteiger partial charge in [-0.05, 0) is 76.9 Å². The highest BCUT2D eigenvalue weighted by Gasteiger charge is 2.36. The van der Waals surface area contributed by atoms with E-state index < -0.39 is 17.8 Å². The second-order valence-electron chi connectivity index (χ2n) is 7.92. The lowest BCUT2D eigenvalue weighted by Crippen LogP contribution is -2.53. The van der Waals surface area contributed by atoms with Crippen LogP contribution in [0.15, 0.2) is 35.9 Å². The van der Waals surface area contributed by atoms with Crippen LogP contribution in [0.3, 0.4) is 0 Å². The van der Waals surface area contributed by atoms with Gasteiger partial charge in [-0.3, -0.25) is 19.8 Å². The van der Waals surface area contributed by atoms with E-state index >= 15 is 0 Å². The van der Waals surface area contributed by atoms with Crippen LogP contribution in [0, 0.1) is 3.57 Å². The van der Waals surface area contributed by atoms with Crippen molar-refractivity contribution in [2.75, 3.05) is 27.4 Å². The first-order valence-electron chi connectivity index (χ1n) is 11.5. The van der Waals surface area contributed by atoms with Gasteiger partial charge in [0.1, 0.15) is 5.57 Å². The number of hydrogen-bond donors (Lipinski definition) is 1. The first-order valence-corrected chi connectivity index (χ1v) is 12.6. The molecule has 1 fully saturated rings. The Bertz CT molecular complexity index is 1180. The van der Waals surface area contributed by atoms with Crippen molar-refractivity contribution < 1.29 is 33.3 Å². The third kappa shape index (κ3) is 6.28. The number of ether oxygens (including phenoxy) is 4.